The van der Waals surface area contributed by atoms with Crippen LogP contribution < -0.4 is 10.2 Å². The van der Waals surface area contributed by atoms with Crippen molar-refractivity contribution in [2.24, 2.45) is 0 Å². The van der Waals surface area contributed by atoms with Gasteiger partial charge in [0.1, 0.15) is 0 Å². The number of benzene rings is 4. The van der Waals surface area contributed by atoms with Crippen molar-refractivity contribution < 1.29 is 30.0 Å². The van der Waals surface area contributed by atoms with Crippen LogP contribution in [0, 0.1) is 0 Å². The van der Waals surface area contributed by atoms with Crippen LogP contribution >= 0.6 is 0 Å². The fourth-order valence-corrected chi connectivity index (χ4v) is 2.77. The summed E-state index contributed by atoms with van der Waals surface area (Å²) in [6, 6.07) is 19.8. The molecule has 0 aliphatic rings. The van der Waals surface area contributed by atoms with Gasteiger partial charge in [-0.2, -0.15) is 0 Å². The van der Waals surface area contributed by atoms with Crippen molar-refractivity contribution in [1.29, 1.82) is 0 Å². The predicted octanol–water partition coefficient (Wildman–Crippen LogP) is 2.84. The Balaban J connectivity index is 0.000000200. The molecule has 0 fully saturated rings. The number of carbonyl (C=O) groups is 2. The van der Waals surface area contributed by atoms with Crippen molar-refractivity contribution in [1.82, 2.24) is 0 Å². The number of carboxylic acids is 2. The molecule has 0 atom stereocenters. The second-order valence-electron chi connectivity index (χ2n) is 6.00. The largest absolute Gasteiger partial charge is 2.00 e. The molecule has 0 saturated carbocycles. The third kappa shape index (κ3) is 5.27. The molecule has 0 amide bonds. The van der Waals surface area contributed by atoms with Crippen molar-refractivity contribution >= 4 is 79.0 Å². The Labute approximate surface area is 202 Å². The maximum Gasteiger partial charge on any atom is 2.00 e. The second-order valence-corrected chi connectivity index (χ2v) is 6.00. The minimum absolute atomic E-state index is 0. The van der Waals surface area contributed by atoms with Crippen molar-refractivity contribution in [3.8, 4) is 11.5 Å². The van der Waals surface area contributed by atoms with Gasteiger partial charge in [0.05, 0.1) is 11.1 Å². The van der Waals surface area contributed by atoms with Gasteiger partial charge >= 0.3 is 57.4 Å². The zero-order valence-electron chi connectivity index (χ0n) is 15.2. The SMILES string of the molecule is O=C(O)c1cc2ccccc2cc1[O-].O=C(O)c1cc2ccccc2cc1[O-].[Sr+2]. The zero-order chi connectivity index (χ0) is 20.3. The van der Waals surface area contributed by atoms with Crippen LogP contribution in [0.2, 0.25) is 0 Å². The van der Waals surface area contributed by atoms with Gasteiger partial charge in [-0.25, -0.2) is 9.59 Å². The maximum absolute atomic E-state index is 11.3. The molecular formula is C22H14O6Sr. The van der Waals surface area contributed by atoms with Crippen LogP contribution in [0.1, 0.15) is 20.7 Å². The van der Waals surface area contributed by atoms with E-state index in [1.165, 1.54) is 24.3 Å². The minimum atomic E-state index is -1.18. The van der Waals surface area contributed by atoms with Crippen molar-refractivity contribution in [3.05, 3.63) is 83.9 Å². The molecule has 0 heterocycles. The molecule has 7 heteroatoms. The van der Waals surface area contributed by atoms with Crippen molar-refractivity contribution in [2.75, 3.05) is 0 Å². The van der Waals surface area contributed by atoms with Crippen LogP contribution in [-0.4, -0.2) is 67.6 Å². The third-order valence-corrected chi connectivity index (χ3v) is 4.16. The summed E-state index contributed by atoms with van der Waals surface area (Å²) >= 11 is 0. The zero-order valence-corrected chi connectivity index (χ0v) is 18.6. The summed E-state index contributed by atoms with van der Waals surface area (Å²) in [7, 11) is 0. The van der Waals surface area contributed by atoms with Crippen LogP contribution in [0.15, 0.2) is 72.8 Å². The Kier molecular flexibility index (Phi) is 7.64. The van der Waals surface area contributed by atoms with E-state index < -0.39 is 23.4 Å². The number of fused-ring (bicyclic) bond motifs is 2. The molecular weight excluding hydrogens is 448 g/mol. The quantitative estimate of drug-likeness (QED) is 0.443. The summed E-state index contributed by atoms with van der Waals surface area (Å²) in [5.41, 5.74) is -0.354. The monoisotopic (exact) mass is 462 g/mol. The molecule has 0 radical (unpaired) electrons. The molecule has 29 heavy (non-hydrogen) atoms. The van der Waals surface area contributed by atoms with E-state index in [-0.39, 0.29) is 56.6 Å². The van der Waals surface area contributed by atoms with E-state index in [1.807, 2.05) is 12.1 Å². The molecule has 4 aromatic carbocycles. The first-order chi connectivity index (χ1) is 13.4. The first-order valence-electron chi connectivity index (χ1n) is 8.23. The smallest absolute Gasteiger partial charge is 0.872 e. The Hall–Kier alpha value is -2.58. The maximum atomic E-state index is 11.3. The molecule has 0 spiro atoms. The summed E-state index contributed by atoms with van der Waals surface area (Å²) in [5.74, 6) is -3.26. The normalized spacial score (nSPS) is 9.93. The number of hydrogen-bond acceptors (Lipinski definition) is 4. The van der Waals surface area contributed by atoms with E-state index in [1.54, 1.807) is 36.4 Å². The molecule has 2 N–H and O–H groups in total. The van der Waals surface area contributed by atoms with E-state index in [2.05, 4.69) is 0 Å². The molecule has 0 aromatic heterocycles. The average molecular weight is 462 g/mol. The van der Waals surface area contributed by atoms with E-state index in [4.69, 9.17) is 10.2 Å². The molecule has 0 aliphatic carbocycles. The summed E-state index contributed by atoms with van der Waals surface area (Å²) in [5, 5.41) is 43.1. The van der Waals surface area contributed by atoms with Gasteiger partial charge in [0.2, 0.25) is 0 Å². The fourth-order valence-electron chi connectivity index (χ4n) is 2.77. The van der Waals surface area contributed by atoms with Crippen LogP contribution in [0.25, 0.3) is 21.5 Å². The molecule has 4 rings (SSSR count). The molecule has 0 saturated heterocycles. The van der Waals surface area contributed by atoms with Crippen LogP contribution in [0.3, 0.4) is 0 Å². The Morgan fingerprint density at radius 2 is 0.862 bits per heavy atom. The second kappa shape index (κ2) is 9.76. The first kappa shape index (κ1) is 22.7. The van der Waals surface area contributed by atoms with Crippen LogP contribution in [0.4, 0.5) is 0 Å². The van der Waals surface area contributed by atoms with E-state index in [0.717, 1.165) is 21.5 Å². The van der Waals surface area contributed by atoms with Gasteiger partial charge in [-0.05, 0) is 33.7 Å². The van der Waals surface area contributed by atoms with Crippen molar-refractivity contribution in [3.63, 3.8) is 0 Å². The predicted molar refractivity (Wildman–Crippen MR) is 106 cm³/mol. The third-order valence-electron chi connectivity index (χ3n) is 4.16. The van der Waals surface area contributed by atoms with Gasteiger partial charge in [0.25, 0.3) is 0 Å². The van der Waals surface area contributed by atoms with Gasteiger partial charge in [-0.15, -0.1) is 0 Å². The molecule has 4 aromatic rings. The molecule has 0 aliphatic heterocycles. The molecule has 0 bridgehead atoms. The van der Waals surface area contributed by atoms with Gasteiger partial charge in [-0.1, -0.05) is 72.2 Å². The standard InChI is InChI=1S/2C11H8O3.Sr/c2*12-10-6-8-4-2-1-3-7(8)5-9(10)11(13)14;/h2*1-6,12H,(H,13,14);/q;;+2/p-2. The van der Waals surface area contributed by atoms with Gasteiger partial charge in [-0.3, -0.25) is 0 Å². The minimum Gasteiger partial charge on any atom is -0.872 e. The number of rotatable bonds is 2. The number of aromatic carboxylic acids is 2. The van der Waals surface area contributed by atoms with E-state index in [9.17, 15) is 19.8 Å². The number of hydrogen-bond donors (Lipinski definition) is 2. The Morgan fingerprint density at radius 3 is 1.14 bits per heavy atom. The van der Waals surface area contributed by atoms with Crippen LogP contribution in [0.5, 0.6) is 11.5 Å². The molecule has 140 valence electrons. The summed E-state index contributed by atoms with van der Waals surface area (Å²) in [4.78, 5) is 21.3. The van der Waals surface area contributed by atoms with Crippen LogP contribution in [-0.2, 0) is 0 Å². The topological polar surface area (TPSA) is 121 Å². The fraction of sp³-hybridized carbons (Fsp3) is 0. The van der Waals surface area contributed by atoms with E-state index in [0.29, 0.717) is 0 Å². The Bertz CT molecular complexity index is 1110. The average Bonchev–Trinajstić information content (AvgIpc) is 2.67. The van der Waals surface area contributed by atoms with Gasteiger partial charge in [0.15, 0.2) is 0 Å². The first-order valence-corrected chi connectivity index (χ1v) is 8.23. The number of carboxylic acid groups (broad SMARTS) is 2. The summed E-state index contributed by atoms with van der Waals surface area (Å²) < 4.78 is 0. The summed E-state index contributed by atoms with van der Waals surface area (Å²) in [6.45, 7) is 0. The van der Waals surface area contributed by atoms with E-state index >= 15 is 0 Å². The van der Waals surface area contributed by atoms with Gasteiger partial charge in [0, 0.05) is 0 Å². The molecule has 6 nitrogen and oxygen atoms in total. The summed E-state index contributed by atoms with van der Waals surface area (Å²) in [6.07, 6.45) is 0. The van der Waals surface area contributed by atoms with Crippen molar-refractivity contribution in [2.45, 2.75) is 0 Å². The molecule has 0 unspecified atom stereocenters. The Morgan fingerprint density at radius 1 is 0.586 bits per heavy atom. The van der Waals surface area contributed by atoms with Gasteiger partial charge < -0.3 is 20.4 Å².